The van der Waals surface area contributed by atoms with Crippen molar-refractivity contribution in [3.63, 3.8) is 0 Å². The molecule has 4 rings (SSSR count). The van der Waals surface area contributed by atoms with Crippen LogP contribution in [-0.2, 0) is 14.1 Å². The number of aromatic nitrogens is 2. The SMILES string of the molecule is CN(C)c1ccc2c(c1)n(C)c(N=Nc1ccc(N3CCCC3)cc1)[n+]2C. The molecule has 140 valence electrons. The third-order valence-electron chi connectivity index (χ3n) is 5.37. The van der Waals surface area contributed by atoms with E-state index in [0.29, 0.717) is 0 Å². The van der Waals surface area contributed by atoms with E-state index in [-0.39, 0.29) is 0 Å². The molecule has 0 bridgehead atoms. The topological polar surface area (TPSA) is 40.0 Å². The van der Waals surface area contributed by atoms with Gasteiger partial charge < -0.3 is 9.80 Å². The Balaban J connectivity index is 1.62. The van der Waals surface area contributed by atoms with Gasteiger partial charge >= 0.3 is 5.95 Å². The number of rotatable bonds is 4. The fourth-order valence-electron chi connectivity index (χ4n) is 3.72. The number of benzene rings is 2. The molecule has 2 aromatic carbocycles. The van der Waals surface area contributed by atoms with Gasteiger partial charge in [0.05, 0.1) is 14.1 Å². The van der Waals surface area contributed by atoms with Crippen LogP contribution in [0.2, 0.25) is 0 Å². The molecule has 6 nitrogen and oxygen atoms in total. The van der Waals surface area contributed by atoms with Crippen LogP contribution in [0.1, 0.15) is 12.8 Å². The third-order valence-corrected chi connectivity index (χ3v) is 5.37. The maximum absolute atomic E-state index is 4.54. The summed E-state index contributed by atoms with van der Waals surface area (Å²) in [6.45, 7) is 2.31. The van der Waals surface area contributed by atoms with E-state index in [1.165, 1.54) is 24.2 Å². The third kappa shape index (κ3) is 3.27. The van der Waals surface area contributed by atoms with Gasteiger partial charge in [-0.25, -0.2) is 9.13 Å². The van der Waals surface area contributed by atoms with Crippen LogP contribution in [0, 0.1) is 0 Å². The highest BCUT2D eigenvalue weighted by atomic mass is 15.3. The van der Waals surface area contributed by atoms with Crippen molar-refractivity contribution in [3.8, 4) is 0 Å². The maximum atomic E-state index is 4.54. The van der Waals surface area contributed by atoms with Gasteiger partial charge in [-0.3, -0.25) is 0 Å². The molecule has 0 spiro atoms. The highest BCUT2D eigenvalue weighted by Gasteiger charge is 2.20. The molecular weight excluding hydrogens is 336 g/mol. The number of hydrogen-bond donors (Lipinski definition) is 0. The highest BCUT2D eigenvalue weighted by molar-refractivity contribution is 5.78. The second-order valence-corrected chi connectivity index (χ2v) is 7.40. The first-order valence-corrected chi connectivity index (χ1v) is 9.47. The summed E-state index contributed by atoms with van der Waals surface area (Å²) < 4.78 is 4.17. The zero-order valence-electron chi connectivity index (χ0n) is 16.6. The summed E-state index contributed by atoms with van der Waals surface area (Å²) in [5.41, 5.74) is 5.60. The van der Waals surface area contributed by atoms with Crippen LogP contribution in [0.4, 0.5) is 23.0 Å². The Labute approximate surface area is 160 Å². The maximum Gasteiger partial charge on any atom is 0.422 e. The van der Waals surface area contributed by atoms with Crippen LogP contribution >= 0.6 is 0 Å². The molecule has 6 heteroatoms. The van der Waals surface area contributed by atoms with E-state index in [1.54, 1.807) is 0 Å². The van der Waals surface area contributed by atoms with Gasteiger partial charge in [0.25, 0.3) is 0 Å². The lowest BCUT2D eigenvalue weighted by molar-refractivity contribution is -0.632. The Hall–Kier alpha value is -2.89. The summed E-state index contributed by atoms with van der Waals surface area (Å²) in [6, 6.07) is 14.8. The van der Waals surface area contributed by atoms with E-state index < -0.39 is 0 Å². The van der Waals surface area contributed by atoms with Crippen molar-refractivity contribution in [3.05, 3.63) is 42.5 Å². The summed E-state index contributed by atoms with van der Waals surface area (Å²) in [4.78, 5) is 4.53. The monoisotopic (exact) mass is 363 g/mol. The lowest BCUT2D eigenvalue weighted by Crippen LogP contribution is -2.26. The van der Waals surface area contributed by atoms with Gasteiger partial charge in [-0.1, -0.05) is 5.11 Å². The molecule has 1 aliphatic rings. The molecule has 0 amide bonds. The van der Waals surface area contributed by atoms with Crippen molar-refractivity contribution >= 4 is 34.0 Å². The van der Waals surface area contributed by atoms with Gasteiger partial charge in [0.15, 0.2) is 0 Å². The second-order valence-electron chi connectivity index (χ2n) is 7.40. The minimum atomic E-state index is 0.824. The molecule has 3 aromatic rings. The highest BCUT2D eigenvalue weighted by Crippen LogP contribution is 2.26. The number of anilines is 2. The molecule has 0 saturated carbocycles. The number of hydrogen-bond acceptors (Lipinski definition) is 4. The van der Waals surface area contributed by atoms with Gasteiger partial charge in [0.2, 0.25) is 0 Å². The van der Waals surface area contributed by atoms with Crippen LogP contribution in [0.15, 0.2) is 52.7 Å². The number of imidazole rings is 1. The summed E-state index contributed by atoms with van der Waals surface area (Å²) >= 11 is 0. The Kier molecular flexibility index (Phi) is 4.56. The summed E-state index contributed by atoms with van der Waals surface area (Å²) in [5, 5.41) is 9.01. The molecule has 1 saturated heterocycles. The van der Waals surface area contributed by atoms with Crippen molar-refractivity contribution in [2.24, 2.45) is 24.3 Å². The van der Waals surface area contributed by atoms with Gasteiger partial charge in [0, 0.05) is 49.7 Å². The van der Waals surface area contributed by atoms with Crippen LogP contribution in [-0.4, -0.2) is 31.8 Å². The van der Waals surface area contributed by atoms with E-state index in [1.807, 2.05) is 26.2 Å². The Morgan fingerprint density at radius 1 is 0.963 bits per heavy atom. The standard InChI is InChI=1S/C21H27N6/c1-24(2)18-11-12-19-20(15-18)26(4)21(25(19)3)23-22-16-7-9-17(10-8-16)27-13-5-6-14-27/h7-12,15H,5-6,13-14H2,1-4H3/q+1. The molecule has 0 radical (unpaired) electrons. The smallest absolute Gasteiger partial charge is 0.378 e. The first kappa shape index (κ1) is 17.5. The molecule has 0 N–H and O–H groups in total. The van der Waals surface area contributed by atoms with E-state index in [9.17, 15) is 0 Å². The van der Waals surface area contributed by atoms with E-state index in [0.717, 1.165) is 35.8 Å². The fraction of sp³-hybridized carbons (Fsp3) is 0.381. The summed E-state index contributed by atoms with van der Waals surface area (Å²) in [7, 11) is 8.17. The van der Waals surface area contributed by atoms with Gasteiger partial charge in [-0.05, 0) is 49.2 Å². The Morgan fingerprint density at radius 2 is 1.67 bits per heavy atom. The summed E-state index contributed by atoms with van der Waals surface area (Å²) in [5.74, 6) is 0.824. The molecule has 1 aromatic heterocycles. The van der Waals surface area contributed by atoms with Crippen LogP contribution in [0.3, 0.4) is 0 Å². The molecule has 1 aliphatic heterocycles. The number of fused-ring (bicyclic) bond motifs is 1. The lowest BCUT2D eigenvalue weighted by atomic mass is 10.2. The first-order chi connectivity index (χ1) is 13.0. The normalized spacial score (nSPS) is 14.6. The van der Waals surface area contributed by atoms with Crippen LogP contribution in [0.5, 0.6) is 0 Å². The summed E-state index contributed by atoms with van der Waals surface area (Å²) in [6.07, 6.45) is 2.57. The zero-order chi connectivity index (χ0) is 19.0. The van der Waals surface area contributed by atoms with Gasteiger partial charge in [-0.2, -0.15) is 0 Å². The average Bonchev–Trinajstić information content (AvgIpc) is 3.29. The van der Waals surface area contributed by atoms with Crippen LogP contribution < -0.4 is 14.4 Å². The molecule has 2 heterocycles. The van der Waals surface area contributed by atoms with Crippen molar-refractivity contribution in [1.82, 2.24) is 4.57 Å². The molecule has 0 atom stereocenters. The van der Waals surface area contributed by atoms with Crippen LogP contribution in [0.25, 0.3) is 11.0 Å². The number of nitrogens with zero attached hydrogens (tertiary/aromatic N) is 6. The largest absolute Gasteiger partial charge is 0.422 e. The zero-order valence-corrected chi connectivity index (χ0v) is 16.6. The van der Waals surface area contributed by atoms with Crippen molar-refractivity contribution < 1.29 is 4.57 Å². The van der Waals surface area contributed by atoms with Crippen molar-refractivity contribution in [2.75, 3.05) is 37.0 Å². The second kappa shape index (κ2) is 7.02. The van der Waals surface area contributed by atoms with Gasteiger partial charge in [0.1, 0.15) is 16.7 Å². The molecule has 1 fully saturated rings. The minimum Gasteiger partial charge on any atom is -0.378 e. The molecular formula is C21H27N6+. The van der Waals surface area contributed by atoms with E-state index in [2.05, 4.69) is 73.6 Å². The predicted molar refractivity (Wildman–Crippen MR) is 110 cm³/mol. The van der Waals surface area contributed by atoms with E-state index >= 15 is 0 Å². The molecule has 0 aliphatic carbocycles. The average molecular weight is 363 g/mol. The predicted octanol–water partition coefficient (Wildman–Crippen LogP) is 4.08. The van der Waals surface area contributed by atoms with Crippen molar-refractivity contribution in [1.29, 1.82) is 0 Å². The van der Waals surface area contributed by atoms with E-state index in [4.69, 9.17) is 0 Å². The first-order valence-electron chi connectivity index (χ1n) is 9.47. The lowest BCUT2D eigenvalue weighted by Gasteiger charge is -2.16. The molecule has 27 heavy (non-hydrogen) atoms. The molecule has 0 unspecified atom stereocenters. The number of aryl methyl sites for hydroxylation is 2. The fourth-order valence-corrected chi connectivity index (χ4v) is 3.72. The quantitative estimate of drug-likeness (QED) is 0.517. The Bertz CT molecular complexity index is 978. The minimum absolute atomic E-state index is 0.824. The van der Waals surface area contributed by atoms with Crippen molar-refractivity contribution in [2.45, 2.75) is 12.8 Å². The Morgan fingerprint density at radius 3 is 2.33 bits per heavy atom. The number of azo groups is 1. The van der Waals surface area contributed by atoms with Gasteiger partial charge in [-0.15, -0.1) is 0 Å².